The highest BCUT2D eigenvalue weighted by molar-refractivity contribution is 8.00. The molecule has 2 rings (SSSR count). The zero-order chi connectivity index (χ0) is 13.7. The topological polar surface area (TPSA) is 55.6 Å². The van der Waals surface area contributed by atoms with Gasteiger partial charge in [0.05, 0.1) is 12.4 Å². The largest absolute Gasteiger partial charge is 0.494 e. The molecule has 1 aliphatic rings. The number of hydrogen-bond donors (Lipinski definition) is 1. The molecule has 19 heavy (non-hydrogen) atoms. The molecule has 1 aromatic carbocycles. The van der Waals surface area contributed by atoms with Crippen LogP contribution in [0.3, 0.4) is 0 Å². The number of nitrogen functional groups attached to an aromatic ring is 1. The lowest BCUT2D eigenvalue weighted by atomic mass is 10.3. The van der Waals surface area contributed by atoms with Crippen LogP contribution in [0.5, 0.6) is 5.75 Å². The number of nitrogens with two attached hydrogens (primary N) is 1. The molecule has 0 saturated carbocycles. The van der Waals surface area contributed by atoms with Crippen molar-refractivity contribution in [3.63, 3.8) is 0 Å². The lowest BCUT2D eigenvalue weighted by molar-refractivity contribution is -0.127. The van der Waals surface area contributed by atoms with Crippen molar-refractivity contribution in [2.45, 2.75) is 24.7 Å². The van der Waals surface area contributed by atoms with Crippen molar-refractivity contribution in [2.75, 3.05) is 31.2 Å². The highest BCUT2D eigenvalue weighted by atomic mass is 32.2. The first-order valence-corrected chi connectivity index (χ1v) is 7.62. The van der Waals surface area contributed by atoms with Gasteiger partial charge in [-0.1, -0.05) is 0 Å². The van der Waals surface area contributed by atoms with Gasteiger partial charge in [0.2, 0.25) is 5.91 Å². The fraction of sp³-hybridized carbons (Fsp3) is 0.500. The van der Waals surface area contributed by atoms with Gasteiger partial charge in [-0.3, -0.25) is 4.79 Å². The van der Waals surface area contributed by atoms with E-state index >= 15 is 0 Å². The molecule has 104 valence electrons. The zero-order valence-corrected chi connectivity index (χ0v) is 12.0. The normalized spacial score (nSPS) is 14.7. The summed E-state index contributed by atoms with van der Waals surface area (Å²) < 4.78 is 5.44. The van der Waals surface area contributed by atoms with Crippen molar-refractivity contribution in [3.05, 3.63) is 18.2 Å². The Kier molecular flexibility index (Phi) is 4.96. The summed E-state index contributed by atoms with van der Waals surface area (Å²) in [6.07, 6.45) is 2.25. The Morgan fingerprint density at radius 1 is 1.42 bits per heavy atom. The number of nitrogens with zero attached hydrogens (tertiary/aromatic N) is 1. The molecule has 0 radical (unpaired) electrons. The van der Waals surface area contributed by atoms with Gasteiger partial charge in [-0.05, 0) is 38.0 Å². The lowest BCUT2D eigenvalue weighted by Crippen LogP contribution is -2.29. The first-order valence-electron chi connectivity index (χ1n) is 6.63. The van der Waals surface area contributed by atoms with Crippen LogP contribution < -0.4 is 10.5 Å². The number of likely N-dealkylation sites (tertiary alicyclic amines) is 1. The van der Waals surface area contributed by atoms with Gasteiger partial charge in [0.15, 0.2) is 0 Å². The lowest BCUT2D eigenvalue weighted by Gasteiger charge is -2.15. The van der Waals surface area contributed by atoms with E-state index in [9.17, 15) is 4.79 Å². The van der Waals surface area contributed by atoms with Crippen molar-refractivity contribution in [2.24, 2.45) is 0 Å². The molecule has 1 aliphatic heterocycles. The molecule has 1 fully saturated rings. The Morgan fingerprint density at radius 2 is 2.16 bits per heavy atom. The van der Waals surface area contributed by atoms with Crippen LogP contribution in [0.4, 0.5) is 5.69 Å². The van der Waals surface area contributed by atoms with Crippen molar-refractivity contribution < 1.29 is 9.53 Å². The first-order chi connectivity index (χ1) is 9.20. The first kappa shape index (κ1) is 14.1. The van der Waals surface area contributed by atoms with Crippen LogP contribution in [-0.4, -0.2) is 36.3 Å². The van der Waals surface area contributed by atoms with Crippen molar-refractivity contribution >= 4 is 23.4 Å². The van der Waals surface area contributed by atoms with Crippen molar-refractivity contribution in [3.8, 4) is 5.75 Å². The summed E-state index contributed by atoms with van der Waals surface area (Å²) in [7, 11) is 0. The van der Waals surface area contributed by atoms with Crippen molar-refractivity contribution in [1.29, 1.82) is 0 Å². The fourth-order valence-corrected chi connectivity index (χ4v) is 2.99. The molecule has 0 aromatic heterocycles. The van der Waals surface area contributed by atoms with E-state index in [1.54, 1.807) is 0 Å². The van der Waals surface area contributed by atoms with Crippen LogP contribution in [0.25, 0.3) is 0 Å². The summed E-state index contributed by atoms with van der Waals surface area (Å²) in [5, 5.41) is 0. The Morgan fingerprint density at radius 3 is 2.84 bits per heavy atom. The summed E-state index contributed by atoms with van der Waals surface area (Å²) in [6.45, 7) is 4.36. The number of thioether (sulfide) groups is 1. The van der Waals surface area contributed by atoms with E-state index in [1.807, 2.05) is 30.0 Å². The number of benzene rings is 1. The predicted molar refractivity (Wildman–Crippen MR) is 78.6 cm³/mol. The molecule has 1 aromatic rings. The molecule has 1 heterocycles. The quantitative estimate of drug-likeness (QED) is 0.664. The third-order valence-corrected chi connectivity index (χ3v) is 4.16. The van der Waals surface area contributed by atoms with Gasteiger partial charge in [0.1, 0.15) is 5.75 Å². The minimum atomic E-state index is 0.198. The van der Waals surface area contributed by atoms with Crippen molar-refractivity contribution in [1.82, 2.24) is 4.90 Å². The molecular weight excluding hydrogens is 260 g/mol. The fourth-order valence-electron chi connectivity index (χ4n) is 2.09. The summed E-state index contributed by atoms with van der Waals surface area (Å²) >= 11 is 1.49. The summed E-state index contributed by atoms with van der Waals surface area (Å²) in [5.41, 5.74) is 6.62. The second kappa shape index (κ2) is 6.70. The number of ether oxygens (including phenoxy) is 1. The van der Waals surface area contributed by atoms with Gasteiger partial charge in [-0.15, -0.1) is 11.8 Å². The van der Waals surface area contributed by atoms with E-state index in [0.29, 0.717) is 18.0 Å². The van der Waals surface area contributed by atoms with E-state index in [4.69, 9.17) is 10.5 Å². The van der Waals surface area contributed by atoms with Crippen LogP contribution in [0.1, 0.15) is 19.8 Å². The zero-order valence-electron chi connectivity index (χ0n) is 11.2. The third kappa shape index (κ3) is 3.80. The van der Waals surface area contributed by atoms with Gasteiger partial charge in [-0.2, -0.15) is 0 Å². The maximum atomic E-state index is 12.0. The van der Waals surface area contributed by atoms with Gasteiger partial charge < -0.3 is 15.4 Å². The van der Waals surface area contributed by atoms with E-state index in [1.165, 1.54) is 11.8 Å². The predicted octanol–water partition coefficient (Wildman–Crippen LogP) is 2.38. The molecule has 0 spiro atoms. The SMILES string of the molecule is CCOc1ccc(N)c(SCC(=O)N2CCCC2)c1. The Labute approximate surface area is 118 Å². The molecule has 1 amide bonds. The molecule has 0 unspecified atom stereocenters. The number of amides is 1. The van der Waals surface area contributed by atoms with Crippen LogP contribution in [0.2, 0.25) is 0 Å². The number of hydrogen-bond acceptors (Lipinski definition) is 4. The smallest absolute Gasteiger partial charge is 0.232 e. The van der Waals surface area contributed by atoms with E-state index in [-0.39, 0.29) is 5.91 Å². The molecule has 4 nitrogen and oxygen atoms in total. The van der Waals surface area contributed by atoms with Crippen LogP contribution >= 0.6 is 11.8 Å². The van der Waals surface area contributed by atoms with E-state index in [2.05, 4.69) is 0 Å². The molecule has 5 heteroatoms. The minimum absolute atomic E-state index is 0.198. The summed E-state index contributed by atoms with van der Waals surface area (Å²) in [4.78, 5) is 14.8. The summed E-state index contributed by atoms with van der Waals surface area (Å²) in [5.74, 6) is 1.44. The van der Waals surface area contributed by atoms with Crippen LogP contribution in [0, 0.1) is 0 Å². The second-order valence-corrected chi connectivity index (χ2v) is 5.53. The van der Waals surface area contributed by atoms with Gasteiger partial charge in [-0.25, -0.2) is 0 Å². The maximum absolute atomic E-state index is 12.0. The second-order valence-electron chi connectivity index (χ2n) is 4.51. The summed E-state index contributed by atoms with van der Waals surface area (Å²) in [6, 6.07) is 5.58. The van der Waals surface area contributed by atoms with Gasteiger partial charge in [0.25, 0.3) is 0 Å². The average Bonchev–Trinajstić information content (AvgIpc) is 2.93. The van der Waals surface area contributed by atoms with Gasteiger partial charge in [0, 0.05) is 23.7 Å². The Bertz CT molecular complexity index is 445. The molecule has 1 saturated heterocycles. The van der Waals surface area contributed by atoms with E-state index < -0.39 is 0 Å². The number of anilines is 1. The Balaban J connectivity index is 1.94. The molecule has 2 N–H and O–H groups in total. The standard InChI is InChI=1S/C14H20N2O2S/c1-2-18-11-5-6-12(15)13(9-11)19-10-14(17)16-7-3-4-8-16/h5-6,9H,2-4,7-8,10,15H2,1H3. The minimum Gasteiger partial charge on any atom is -0.494 e. The molecule has 0 aliphatic carbocycles. The number of carbonyl (C=O) groups is 1. The highest BCUT2D eigenvalue weighted by Gasteiger charge is 2.18. The highest BCUT2D eigenvalue weighted by Crippen LogP contribution is 2.29. The van der Waals surface area contributed by atoms with Crippen LogP contribution in [0.15, 0.2) is 23.1 Å². The number of carbonyl (C=O) groups excluding carboxylic acids is 1. The van der Waals surface area contributed by atoms with E-state index in [0.717, 1.165) is 36.6 Å². The average molecular weight is 280 g/mol. The molecular formula is C14H20N2O2S. The maximum Gasteiger partial charge on any atom is 0.232 e. The molecule has 0 atom stereocenters. The van der Waals surface area contributed by atoms with Crippen LogP contribution in [-0.2, 0) is 4.79 Å². The number of rotatable bonds is 5. The monoisotopic (exact) mass is 280 g/mol. The third-order valence-electron chi connectivity index (χ3n) is 3.11. The van der Waals surface area contributed by atoms with Gasteiger partial charge >= 0.3 is 0 Å². The Hall–Kier alpha value is -1.36. The molecule has 0 bridgehead atoms.